The molecule has 0 N–H and O–H groups in total. The molecule has 1 atom stereocenters. The molecule has 0 aliphatic heterocycles. The van der Waals surface area contributed by atoms with Gasteiger partial charge in [0.25, 0.3) is 0 Å². The van der Waals surface area contributed by atoms with Crippen molar-refractivity contribution in [3.8, 4) is 6.07 Å². The largest absolute Gasteiger partial charge is 0.367 e. The summed E-state index contributed by atoms with van der Waals surface area (Å²) in [5.74, 6) is 0.267. The smallest absolute Gasteiger partial charge is 0.0628 e. The molecule has 2 heteroatoms. The zero-order chi connectivity index (χ0) is 18.0. The molecule has 0 bridgehead atoms. The van der Waals surface area contributed by atoms with Crippen molar-refractivity contribution >= 4 is 5.69 Å². The Bertz CT molecular complexity index is 807. The minimum absolute atomic E-state index is 0.267. The Morgan fingerprint density at radius 2 is 1.35 bits per heavy atom. The summed E-state index contributed by atoms with van der Waals surface area (Å²) in [4.78, 5) is 2.41. The van der Waals surface area contributed by atoms with E-state index in [1.807, 2.05) is 12.1 Å². The van der Waals surface area contributed by atoms with E-state index in [2.05, 4.69) is 89.8 Å². The second-order valence-electron chi connectivity index (χ2n) is 6.50. The number of hydrogen-bond acceptors (Lipinski definition) is 2. The van der Waals surface area contributed by atoms with E-state index < -0.39 is 0 Å². The SMILES string of the molecule is N#CCC(CCN(Cc1ccccc1)c1ccccc1)c1ccccc1. The summed E-state index contributed by atoms with van der Waals surface area (Å²) in [6.07, 6.45) is 1.51. The van der Waals surface area contributed by atoms with Crippen LogP contribution in [0.15, 0.2) is 91.0 Å². The Balaban J connectivity index is 1.75. The molecule has 2 nitrogen and oxygen atoms in total. The van der Waals surface area contributed by atoms with Gasteiger partial charge in [-0.25, -0.2) is 0 Å². The van der Waals surface area contributed by atoms with Crippen molar-refractivity contribution in [1.29, 1.82) is 5.26 Å². The molecule has 3 rings (SSSR count). The summed E-state index contributed by atoms with van der Waals surface area (Å²) in [5.41, 5.74) is 3.77. The van der Waals surface area contributed by atoms with Crippen LogP contribution >= 0.6 is 0 Å². The number of para-hydroxylation sites is 1. The zero-order valence-electron chi connectivity index (χ0n) is 15.0. The summed E-state index contributed by atoms with van der Waals surface area (Å²) in [7, 11) is 0. The first-order chi connectivity index (χ1) is 12.9. The fourth-order valence-corrected chi connectivity index (χ4v) is 3.28. The summed E-state index contributed by atoms with van der Waals surface area (Å²) < 4.78 is 0. The predicted octanol–water partition coefficient (Wildman–Crippen LogP) is 5.78. The van der Waals surface area contributed by atoms with Gasteiger partial charge in [0.15, 0.2) is 0 Å². The average molecular weight is 340 g/mol. The maximum Gasteiger partial charge on any atom is 0.0628 e. The standard InChI is InChI=1S/C24H24N2/c25-18-16-23(22-12-6-2-7-13-22)17-19-26(24-14-8-3-9-15-24)20-21-10-4-1-5-11-21/h1-15,23H,16-17,19-20H2. The van der Waals surface area contributed by atoms with Gasteiger partial charge in [-0.05, 0) is 35.6 Å². The summed E-state index contributed by atoms with van der Waals surface area (Å²) >= 11 is 0. The van der Waals surface area contributed by atoms with Crippen LogP contribution in [-0.2, 0) is 6.54 Å². The zero-order valence-corrected chi connectivity index (χ0v) is 15.0. The van der Waals surface area contributed by atoms with Gasteiger partial charge in [-0.2, -0.15) is 5.26 Å². The molecule has 0 aliphatic carbocycles. The Morgan fingerprint density at radius 1 is 0.769 bits per heavy atom. The van der Waals surface area contributed by atoms with Crippen molar-refractivity contribution in [3.63, 3.8) is 0 Å². The number of nitrogens with zero attached hydrogens (tertiary/aromatic N) is 2. The summed E-state index contributed by atoms with van der Waals surface area (Å²) in [6.45, 7) is 1.79. The Hall–Kier alpha value is -3.05. The Labute approximate surface area is 156 Å². The van der Waals surface area contributed by atoms with Crippen LogP contribution in [0, 0.1) is 11.3 Å². The van der Waals surface area contributed by atoms with Gasteiger partial charge in [-0.1, -0.05) is 78.9 Å². The Kier molecular flexibility index (Phi) is 6.45. The topological polar surface area (TPSA) is 27.0 Å². The molecule has 3 aromatic carbocycles. The maximum atomic E-state index is 9.25. The van der Waals surface area contributed by atoms with Crippen LogP contribution in [0.2, 0.25) is 0 Å². The first kappa shape index (κ1) is 17.8. The predicted molar refractivity (Wildman–Crippen MR) is 108 cm³/mol. The van der Waals surface area contributed by atoms with Gasteiger partial charge in [0, 0.05) is 25.2 Å². The van der Waals surface area contributed by atoms with E-state index in [4.69, 9.17) is 0 Å². The summed E-state index contributed by atoms with van der Waals surface area (Å²) in [6, 6.07) is 33.8. The molecule has 26 heavy (non-hydrogen) atoms. The van der Waals surface area contributed by atoms with Gasteiger partial charge in [0.2, 0.25) is 0 Å². The molecular formula is C24H24N2. The highest BCUT2D eigenvalue weighted by atomic mass is 15.1. The highest BCUT2D eigenvalue weighted by Crippen LogP contribution is 2.25. The molecular weight excluding hydrogens is 316 g/mol. The van der Waals surface area contributed by atoms with Crippen molar-refractivity contribution in [1.82, 2.24) is 0 Å². The van der Waals surface area contributed by atoms with Crippen molar-refractivity contribution in [2.75, 3.05) is 11.4 Å². The maximum absolute atomic E-state index is 9.25. The fourth-order valence-electron chi connectivity index (χ4n) is 3.28. The molecule has 0 amide bonds. The lowest BCUT2D eigenvalue weighted by atomic mass is 9.93. The average Bonchev–Trinajstić information content (AvgIpc) is 2.72. The highest BCUT2D eigenvalue weighted by Gasteiger charge is 2.14. The van der Waals surface area contributed by atoms with Crippen LogP contribution in [0.5, 0.6) is 0 Å². The van der Waals surface area contributed by atoms with Gasteiger partial charge in [0.05, 0.1) is 6.07 Å². The Morgan fingerprint density at radius 3 is 1.96 bits per heavy atom. The van der Waals surface area contributed by atoms with Crippen LogP contribution in [-0.4, -0.2) is 6.54 Å². The molecule has 0 saturated heterocycles. The molecule has 1 unspecified atom stereocenters. The van der Waals surface area contributed by atoms with Gasteiger partial charge < -0.3 is 4.90 Å². The number of nitriles is 1. The minimum atomic E-state index is 0.267. The number of anilines is 1. The van der Waals surface area contributed by atoms with Crippen LogP contribution in [0.3, 0.4) is 0 Å². The lowest BCUT2D eigenvalue weighted by molar-refractivity contribution is 0.614. The third-order valence-corrected chi connectivity index (χ3v) is 4.69. The van der Waals surface area contributed by atoms with E-state index in [1.165, 1.54) is 16.8 Å². The molecule has 0 radical (unpaired) electrons. The number of benzene rings is 3. The second-order valence-corrected chi connectivity index (χ2v) is 6.50. The molecule has 0 spiro atoms. The third kappa shape index (κ3) is 4.97. The van der Waals surface area contributed by atoms with Crippen molar-refractivity contribution in [2.45, 2.75) is 25.3 Å². The van der Waals surface area contributed by atoms with Crippen molar-refractivity contribution in [3.05, 3.63) is 102 Å². The molecule has 0 aliphatic rings. The van der Waals surface area contributed by atoms with E-state index in [0.29, 0.717) is 6.42 Å². The minimum Gasteiger partial charge on any atom is -0.367 e. The van der Waals surface area contributed by atoms with E-state index in [-0.39, 0.29) is 5.92 Å². The van der Waals surface area contributed by atoms with E-state index in [0.717, 1.165) is 19.5 Å². The van der Waals surface area contributed by atoms with Crippen LogP contribution in [0.25, 0.3) is 0 Å². The molecule has 0 fully saturated rings. The van der Waals surface area contributed by atoms with E-state index >= 15 is 0 Å². The molecule has 0 saturated carbocycles. The first-order valence-corrected chi connectivity index (χ1v) is 9.12. The quantitative estimate of drug-likeness (QED) is 0.519. The lowest BCUT2D eigenvalue weighted by Crippen LogP contribution is -2.25. The van der Waals surface area contributed by atoms with Crippen molar-refractivity contribution in [2.24, 2.45) is 0 Å². The fraction of sp³-hybridized carbons (Fsp3) is 0.208. The van der Waals surface area contributed by atoms with Gasteiger partial charge >= 0.3 is 0 Å². The number of hydrogen-bond donors (Lipinski definition) is 0. The van der Waals surface area contributed by atoms with Crippen molar-refractivity contribution < 1.29 is 0 Å². The van der Waals surface area contributed by atoms with Crippen LogP contribution < -0.4 is 4.90 Å². The molecule has 130 valence electrons. The molecule has 0 heterocycles. The van der Waals surface area contributed by atoms with Gasteiger partial charge in [-0.3, -0.25) is 0 Å². The highest BCUT2D eigenvalue weighted by molar-refractivity contribution is 5.46. The van der Waals surface area contributed by atoms with Gasteiger partial charge in [-0.15, -0.1) is 0 Å². The van der Waals surface area contributed by atoms with Crippen LogP contribution in [0.1, 0.15) is 29.9 Å². The lowest BCUT2D eigenvalue weighted by Gasteiger charge is -2.27. The van der Waals surface area contributed by atoms with Gasteiger partial charge in [0.1, 0.15) is 0 Å². The molecule has 3 aromatic rings. The molecule has 0 aromatic heterocycles. The van der Waals surface area contributed by atoms with E-state index in [9.17, 15) is 5.26 Å². The second kappa shape index (κ2) is 9.44. The van der Waals surface area contributed by atoms with Crippen LogP contribution in [0.4, 0.5) is 5.69 Å². The monoisotopic (exact) mass is 340 g/mol. The number of rotatable bonds is 8. The first-order valence-electron chi connectivity index (χ1n) is 9.12. The third-order valence-electron chi connectivity index (χ3n) is 4.69. The normalized spacial score (nSPS) is 11.5. The van der Waals surface area contributed by atoms with E-state index in [1.54, 1.807) is 0 Å². The summed E-state index contributed by atoms with van der Waals surface area (Å²) in [5, 5.41) is 9.25.